The first-order valence-corrected chi connectivity index (χ1v) is 4.59. The Balaban J connectivity index is 2.66. The molecule has 2 heterocycles. The highest BCUT2D eigenvalue weighted by Gasteiger charge is 2.13. The fourth-order valence-electron chi connectivity index (χ4n) is 1.20. The molecular weight excluding hydrogens is 241 g/mol. The molecule has 0 fully saturated rings. The number of aromatic nitrogens is 2. The van der Waals surface area contributed by atoms with Gasteiger partial charge in [-0.15, -0.1) is 0 Å². The molecule has 2 aromatic rings. The Bertz CT molecular complexity index is 496. The summed E-state index contributed by atoms with van der Waals surface area (Å²) in [6.45, 7) is 0. The van der Waals surface area contributed by atoms with Gasteiger partial charge < -0.3 is 0 Å². The lowest BCUT2D eigenvalue weighted by Gasteiger charge is -2.04. The van der Waals surface area contributed by atoms with Crippen molar-refractivity contribution in [2.24, 2.45) is 0 Å². The summed E-state index contributed by atoms with van der Waals surface area (Å²) < 4.78 is 39.0. The Hall–Kier alpha value is -1.62. The topological polar surface area (TPSA) is 25.8 Å². The molecule has 0 bridgehead atoms. The van der Waals surface area contributed by atoms with Crippen LogP contribution < -0.4 is 0 Å². The Morgan fingerprint density at radius 2 is 1.81 bits per heavy atom. The van der Waals surface area contributed by atoms with E-state index in [1.807, 2.05) is 0 Å². The van der Waals surface area contributed by atoms with E-state index in [-0.39, 0.29) is 16.3 Å². The largest absolute Gasteiger partial charge is 0.227 e. The molecule has 0 aliphatic rings. The normalized spacial score (nSPS) is 10.5. The Kier molecular flexibility index (Phi) is 2.78. The third-order valence-electron chi connectivity index (χ3n) is 1.89. The van der Waals surface area contributed by atoms with Crippen molar-refractivity contribution < 1.29 is 13.2 Å². The van der Waals surface area contributed by atoms with E-state index >= 15 is 0 Å². The second-order valence-corrected chi connectivity index (χ2v) is 3.36. The van der Waals surface area contributed by atoms with E-state index in [1.54, 1.807) is 0 Å². The predicted molar refractivity (Wildman–Crippen MR) is 52.4 cm³/mol. The maximum Gasteiger partial charge on any atom is 0.213 e. The molecule has 6 heteroatoms. The van der Waals surface area contributed by atoms with Crippen molar-refractivity contribution in [3.63, 3.8) is 0 Å². The van der Waals surface area contributed by atoms with Gasteiger partial charge in [0.1, 0.15) is 11.5 Å². The number of nitrogens with zero attached hydrogens (tertiary/aromatic N) is 2. The maximum atomic E-state index is 13.3. The van der Waals surface area contributed by atoms with Crippen LogP contribution >= 0.6 is 11.6 Å². The molecule has 0 spiro atoms. The molecule has 0 saturated carbocycles. The number of halogens is 4. The first kappa shape index (κ1) is 10.9. The summed E-state index contributed by atoms with van der Waals surface area (Å²) in [6.07, 6.45) is 1.01. The Labute approximate surface area is 93.7 Å². The molecular formula is C10H4ClF3N2. The molecule has 0 radical (unpaired) electrons. The first-order chi connectivity index (χ1) is 7.58. The van der Waals surface area contributed by atoms with Gasteiger partial charge in [-0.1, -0.05) is 11.6 Å². The van der Waals surface area contributed by atoms with Gasteiger partial charge in [-0.25, -0.2) is 14.4 Å². The van der Waals surface area contributed by atoms with Gasteiger partial charge in [0.2, 0.25) is 11.9 Å². The van der Waals surface area contributed by atoms with Crippen molar-refractivity contribution in [3.8, 4) is 11.3 Å². The molecule has 0 saturated heterocycles. The monoisotopic (exact) mass is 244 g/mol. The summed E-state index contributed by atoms with van der Waals surface area (Å²) in [7, 11) is 0. The lowest BCUT2D eigenvalue weighted by molar-refractivity contribution is 0.562. The molecule has 2 rings (SSSR count). The van der Waals surface area contributed by atoms with Crippen LogP contribution in [0.4, 0.5) is 13.2 Å². The second kappa shape index (κ2) is 4.09. The van der Waals surface area contributed by atoms with Crippen LogP contribution in [0.1, 0.15) is 0 Å². The van der Waals surface area contributed by atoms with Crippen LogP contribution in [0.5, 0.6) is 0 Å². The molecule has 0 atom stereocenters. The van der Waals surface area contributed by atoms with Crippen molar-refractivity contribution in [2.75, 3.05) is 0 Å². The van der Waals surface area contributed by atoms with Gasteiger partial charge >= 0.3 is 0 Å². The van der Waals surface area contributed by atoms with Gasteiger partial charge in [0.15, 0.2) is 0 Å². The fourth-order valence-corrected chi connectivity index (χ4v) is 1.39. The standard InChI is InChI=1S/C10H4ClF3N2/c11-6-4-15-9(14)3-5(6)10-7(12)1-2-8(13)16-10/h1-4H. The number of hydrogen-bond acceptors (Lipinski definition) is 2. The minimum absolute atomic E-state index is 0.00148. The first-order valence-electron chi connectivity index (χ1n) is 4.21. The van der Waals surface area contributed by atoms with E-state index in [4.69, 9.17) is 11.6 Å². The summed E-state index contributed by atoms with van der Waals surface area (Å²) in [6, 6.07) is 2.66. The quantitative estimate of drug-likeness (QED) is 0.720. The van der Waals surface area contributed by atoms with Crippen LogP contribution in [0, 0.1) is 17.7 Å². The minimum Gasteiger partial charge on any atom is -0.227 e. The maximum absolute atomic E-state index is 13.3. The molecule has 0 aromatic carbocycles. The highest BCUT2D eigenvalue weighted by Crippen LogP contribution is 2.28. The van der Waals surface area contributed by atoms with Gasteiger partial charge in [0, 0.05) is 17.8 Å². The number of pyridine rings is 2. The van der Waals surface area contributed by atoms with Crippen LogP contribution in [0.2, 0.25) is 5.02 Å². The van der Waals surface area contributed by atoms with Crippen molar-refractivity contribution in [1.29, 1.82) is 0 Å². The zero-order chi connectivity index (χ0) is 11.7. The molecule has 0 aliphatic heterocycles. The predicted octanol–water partition coefficient (Wildman–Crippen LogP) is 3.21. The van der Waals surface area contributed by atoms with Crippen LogP contribution in [0.3, 0.4) is 0 Å². The van der Waals surface area contributed by atoms with Crippen LogP contribution in [-0.2, 0) is 0 Å². The summed E-state index contributed by atoms with van der Waals surface area (Å²) >= 11 is 5.70. The highest BCUT2D eigenvalue weighted by molar-refractivity contribution is 6.33. The molecule has 16 heavy (non-hydrogen) atoms. The SMILES string of the molecule is Fc1cc(-c2nc(F)ccc2F)c(Cl)cn1. The Morgan fingerprint density at radius 3 is 2.56 bits per heavy atom. The highest BCUT2D eigenvalue weighted by atomic mass is 35.5. The molecule has 0 aliphatic carbocycles. The molecule has 82 valence electrons. The fraction of sp³-hybridized carbons (Fsp3) is 0. The average Bonchev–Trinajstić information content (AvgIpc) is 2.25. The van der Waals surface area contributed by atoms with E-state index < -0.39 is 17.7 Å². The van der Waals surface area contributed by atoms with Gasteiger partial charge in [0.05, 0.1) is 5.02 Å². The number of hydrogen-bond donors (Lipinski definition) is 0. The molecule has 0 unspecified atom stereocenters. The van der Waals surface area contributed by atoms with E-state index in [2.05, 4.69) is 9.97 Å². The molecule has 0 N–H and O–H groups in total. The van der Waals surface area contributed by atoms with Crippen LogP contribution in [-0.4, -0.2) is 9.97 Å². The number of rotatable bonds is 1. The smallest absolute Gasteiger partial charge is 0.213 e. The van der Waals surface area contributed by atoms with Crippen LogP contribution in [0.25, 0.3) is 11.3 Å². The zero-order valence-corrected chi connectivity index (χ0v) is 8.47. The molecule has 2 aromatic heterocycles. The van der Waals surface area contributed by atoms with Crippen molar-refractivity contribution in [2.45, 2.75) is 0 Å². The molecule has 0 amide bonds. The van der Waals surface area contributed by atoms with E-state index in [0.717, 1.165) is 24.4 Å². The van der Waals surface area contributed by atoms with Gasteiger partial charge in [-0.3, -0.25) is 0 Å². The summed E-state index contributed by atoms with van der Waals surface area (Å²) in [5, 5.41) is -0.00148. The van der Waals surface area contributed by atoms with E-state index in [1.165, 1.54) is 0 Å². The van der Waals surface area contributed by atoms with Crippen molar-refractivity contribution in [1.82, 2.24) is 9.97 Å². The van der Waals surface area contributed by atoms with E-state index in [9.17, 15) is 13.2 Å². The minimum atomic E-state index is -0.871. The lowest BCUT2D eigenvalue weighted by atomic mass is 10.1. The molecule has 2 nitrogen and oxygen atoms in total. The second-order valence-electron chi connectivity index (χ2n) is 2.95. The third kappa shape index (κ3) is 1.99. The van der Waals surface area contributed by atoms with Crippen molar-refractivity contribution >= 4 is 11.6 Å². The summed E-state index contributed by atoms with van der Waals surface area (Å²) in [5.41, 5.74) is -0.377. The van der Waals surface area contributed by atoms with Gasteiger partial charge in [-0.2, -0.15) is 8.78 Å². The van der Waals surface area contributed by atoms with Crippen molar-refractivity contribution in [3.05, 3.63) is 47.1 Å². The average molecular weight is 245 g/mol. The van der Waals surface area contributed by atoms with Crippen LogP contribution in [0.15, 0.2) is 24.4 Å². The Morgan fingerprint density at radius 1 is 1.06 bits per heavy atom. The third-order valence-corrected chi connectivity index (χ3v) is 2.19. The van der Waals surface area contributed by atoms with E-state index in [0.29, 0.717) is 0 Å². The summed E-state index contributed by atoms with van der Waals surface area (Å²) in [5.74, 6) is -2.50. The zero-order valence-electron chi connectivity index (χ0n) is 7.72. The lowest BCUT2D eigenvalue weighted by Crippen LogP contribution is -1.95. The van der Waals surface area contributed by atoms with Gasteiger partial charge in [-0.05, 0) is 12.1 Å². The summed E-state index contributed by atoms with van der Waals surface area (Å²) in [4.78, 5) is 6.60. The van der Waals surface area contributed by atoms with Gasteiger partial charge in [0.25, 0.3) is 0 Å².